The molecule has 2 aliphatic rings. The van der Waals surface area contributed by atoms with E-state index in [0.29, 0.717) is 29.3 Å². The minimum absolute atomic E-state index is 0.0150. The predicted molar refractivity (Wildman–Crippen MR) is 81.7 cm³/mol. The van der Waals surface area contributed by atoms with E-state index in [1.807, 2.05) is 6.92 Å². The highest BCUT2D eigenvalue weighted by Crippen LogP contribution is 2.35. The van der Waals surface area contributed by atoms with Crippen molar-refractivity contribution >= 4 is 28.2 Å². The number of esters is 1. The van der Waals surface area contributed by atoms with Crippen molar-refractivity contribution in [2.75, 3.05) is 11.9 Å². The Hall–Kier alpha value is -1.40. The summed E-state index contributed by atoms with van der Waals surface area (Å²) in [5.74, 6) is -0.341. The van der Waals surface area contributed by atoms with Crippen LogP contribution >= 0.6 is 11.3 Å². The van der Waals surface area contributed by atoms with E-state index < -0.39 is 0 Å². The summed E-state index contributed by atoms with van der Waals surface area (Å²) in [6.07, 6.45) is 3.13. The number of nitrogens with one attached hydrogen (secondary N) is 2. The summed E-state index contributed by atoms with van der Waals surface area (Å²) in [5, 5.41) is 7.00. The third-order valence-electron chi connectivity index (χ3n) is 4.22. The predicted octanol–water partition coefficient (Wildman–Crippen LogP) is 2.31. The van der Waals surface area contributed by atoms with Crippen LogP contribution in [-0.4, -0.2) is 30.6 Å². The van der Waals surface area contributed by atoms with Crippen LogP contribution in [0.4, 0.5) is 5.00 Å². The molecular weight excluding hydrogens is 288 g/mol. The van der Waals surface area contributed by atoms with Gasteiger partial charge < -0.3 is 15.4 Å². The number of carbonyl (C=O) groups excluding carboxylic acids is 2. The van der Waals surface area contributed by atoms with Crippen LogP contribution in [0.2, 0.25) is 0 Å². The number of fused-ring (bicyclic) bond motifs is 2. The number of thiophene rings is 1. The Bertz CT molecular complexity index is 569. The van der Waals surface area contributed by atoms with Gasteiger partial charge in [-0.15, -0.1) is 11.3 Å². The molecule has 2 bridgehead atoms. The second-order valence-corrected chi connectivity index (χ2v) is 6.96. The molecule has 21 heavy (non-hydrogen) atoms. The van der Waals surface area contributed by atoms with Gasteiger partial charge in [-0.1, -0.05) is 0 Å². The van der Waals surface area contributed by atoms with Gasteiger partial charge in [0.15, 0.2) is 0 Å². The SMILES string of the molecule is CCOC(=O)c1cc(C)sc1NC(=O)C1CC2CCC1N2. The summed E-state index contributed by atoms with van der Waals surface area (Å²) in [7, 11) is 0. The van der Waals surface area contributed by atoms with Gasteiger partial charge in [-0.05, 0) is 39.2 Å². The van der Waals surface area contributed by atoms with Crippen LogP contribution in [0.25, 0.3) is 0 Å². The standard InChI is InChI=1S/C15H20N2O3S/c1-3-20-15(19)11-6-8(2)21-14(11)17-13(18)10-7-9-4-5-12(10)16-9/h6,9-10,12,16H,3-5,7H2,1-2H3,(H,17,18). The third-order valence-corrected chi connectivity index (χ3v) is 5.19. The van der Waals surface area contributed by atoms with Crippen LogP contribution in [0.5, 0.6) is 0 Å². The van der Waals surface area contributed by atoms with Gasteiger partial charge in [-0.3, -0.25) is 4.79 Å². The number of ether oxygens (including phenoxy) is 1. The second-order valence-electron chi connectivity index (χ2n) is 5.70. The van der Waals surface area contributed by atoms with Crippen LogP contribution in [0.15, 0.2) is 6.07 Å². The fourth-order valence-corrected chi connectivity index (χ4v) is 4.19. The molecular formula is C15H20N2O3S. The van der Waals surface area contributed by atoms with E-state index in [2.05, 4.69) is 10.6 Å². The summed E-state index contributed by atoms with van der Waals surface area (Å²) in [5.41, 5.74) is 0.462. The Labute approximate surface area is 128 Å². The molecule has 1 amide bonds. The number of hydrogen-bond acceptors (Lipinski definition) is 5. The van der Waals surface area contributed by atoms with E-state index >= 15 is 0 Å². The Morgan fingerprint density at radius 3 is 2.90 bits per heavy atom. The van der Waals surface area contributed by atoms with Crippen molar-refractivity contribution in [3.63, 3.8) is 0 Å². The highest BCUT2D eigenvalue weighted by Gasteiger charge is 2.43. The van der Waals surface area contributed by atoms with Gasteiger partial charge in [0.2, 0.25) is 5.91 Å². The van der Waals surface area contributed by atoms with Crippen LogP contribution in [0, 0.1) is 12.8 Å². The van der Waals surface area contributed by atoms with Crippen LogP contribution in [0.3, 0.4) is 0 Å². The number of anilines is 1. The first-order chi connectivity index (χ1) is 10.1. The molecule has 3 rings (SSSR count). The summed E-state index contributed by atoms with van der Waals surface area (Å²) < 4.78 is 5.04. The molecule has 2 aliphatic heterocycles. The minimum Gasteiger partial charge on any atom is -0.462 e. The average molecular weight is 308 g/mol. The van der Waals surface area contributed by atoms with Gasteiger partial charge in [0.1, 0.15) is 5.00 Å². The van der Waals surface area contributed by atoms with E-state index in [-0.39, 0.29) is 17.8 Å². The Kier molecular flexibility index (Phi) is 3.99. The maximum atomic E-state index is 12.4. The zero-order valence-corrected chi connectivity index (χ0v) is 13.1. The van der Waals surface area contributed by atoms with E-state index in [1.165, 1.54) is 17.8 Å². The number of amides is 1. The Balaban J connectivity index is 1.72. The number of carbonyl (C=O) groups is 2. The number of aryl methyl sites for hydroxylation is 1. The molecule has 3 unspecified atom stereocenters. The summed E-state index contributed by atoms with van der Waals surface area (Å²) in [4.78, 5) is 25.4. The van der Waals surface area contributed by atoms with Gasteiger partial charge >= 0.3 is 5.97 Å². The molecule has 1 aromatic heterocycles. The number of rotatable bonds is 4. The molecule has 0 aliphatic carbocycles. The summed E-state index contributed by atoms with van der Waals surface area (Å²) in [6.45, 7) is 4.02. The van der Waals surface area contributed by atoms with Crippen molar-refractivity contribution in [2.45, 2.75) is 45.2 Å². The van der Waals surface area contributed by atoms with Crippen molar-refractivity contribution in [1.82, 2.24) is 5.32 Å². The number of hydrogen-bond donors (Lipinski definition) is 2. The summed E-state index contributed by atoms with van der Waals surface area (Å²) in [6, 6.07) is 2.56. The molecule has 0 spiro atoms. The zero-order chi connectivity index (χ0) is 15.0. The zero-order valence-electron chi connectivity index (χ0n) is 12.3. The monoisotopic (exact) mass is 308 g/mol. The molecule has 3 heterocycles. The maximum absolute atomic E-state index is 12.4. The quantitative estimate of drug-likeness (QED) is 0.838. The molecule has 0 radical (unpaired) electrons. The lowest BCUT2D eigenvalue weighted by atomic mass is 9.88. The van der Waals surface area contributed by atoms with E-state index in [1.54, 1.807) is 13.0 Å². The lowest BCUT2D eigenvalue weighted by Gasteiger charge is -2.19. The molecule has 6 heteroatoms. The largest absolute Gasteiger partial charge is 0.462 e. The molecule has 2 fully saturated rings. The van der Waals surface area contributed by atoms with Gasteiger partial charge in [0.25, 0.3) is 0 Å². The van der Waals surface area contributed by atoms with Gasteiger partial charge in [0.05, 0.1) is 18.1 Å². The van der Waals surface area contributed by atoms with Crippen molar-refractivity contribution < 1.29 is 14.3 Å². The first-order valence-electron chi connectivity index (χ1n) is 7.43. The smallest absolute Gasteiger partial charge is 0.341 e. The molecule has 5 nitrogen and oxygen atoms in total. The van der Waals surface area contributed by atoms with Crippen LogP contribution in [-0.2, 0) is 9.53 Å². The van der Waals surface area contributed by atoms with Crippen LogP contribution < -0.4 is 10.6 Å². The van der Waals surface area contributed by atoms with Gasteiger partial charge in [0, 0.05) is 17.0 Å². The first-order valence-corrected chi connectivity index (χ1v) is 8.24. The van der Waals surface area contributed by atoms with Crippen molar-refractivity contribution in [3.8, 4) is 0 Å². The normalized spacial score (nSPS) is 26.9. The lowest BCUT2D eigenvalue weighted by molar-refractivity contribution is -0.120. The van der Waals surface area contributed by atoms with E-state index in [4.69, 9.17) is 4.74 Å². The van der Waals surface area contributed by atoms with Crippen molar-refractivity contribution in [1.29, 1.82) is 0 Å². The van der Waals surface area contributed by atoms with Crippen molar-refractivity contribution in [3.05, 3.63) is 16.5 Å². The van der Waals surface area contributed by atoms with Gasteiger partial charge in [-0.25, -0.2) is 4.79 Å². The fourth-order valence-electron chi connectivity index (χ4n) is 3.29. The van der Waals surface area contributed by atoms with E-state index in [9.17, 15) is 9.59 Å². The van der Waals surface area contributed by atoms with Crippen molar-refractivity contribution in [2.24, 2.45) is 5.92 Å². The topological polar surface area (TPSA) is 67.4 Å². The second kappa shape index (κ2) is 5.77. The molecule has 2 saturated heterocycles. The van der Waals surface area contributed by atoms with Gasteiger partial charge in [-0.2, -0.15) is 0 Å². The van der Waals surface area contributed by atoms with Crippen LogP contribution in [0.1, 0.15) is 41.4 Å². The molecule has 2 N–H and O–H groups in total. The molecule has 1 aromatic rings. The lowest BCUT2D eigenvalue weighted by Crippen LogP contribution is -2.33. The highest BCUT2D eigenvalue weighted by atomic mass is 32.1. The molecule has 0 aromatic carbocycles. The molecule has 3 atom stereocenters. The summed E-state index contributed by atoms with van der Waals surface area (Å²) >= 11 is 1.42. The molecule has 114 valence electrons. The Morgan fingerprint density at radius 2 is 2.29 bits per heavy atom. The Morgan fingerprint density at radius 1 is 1.48 bits per heavy atom. The minimum atomic E-state index is -0.372. The highest BCUT2D eigenvalue weighted by molar-refractivity contribution is 7.16. The molecule has 0 saturated carbocycles. The maximum Gasteiger partial charge on any atom is 0.341 e. The fraction of sp³-hybridized carbons (Fsp3) is 0.600. The first kappa shape index (κ1) is 14.5. The third kappa shape index (κ3) is 2.82. The van der Waals surface area contributed by atoms with E-state index in [0.717, 1.165) is 17.7 Å². The average Bonchev–Trinajstić information content (AvgIpc) is 3.14.